The fourth-order valence-electron chi connectivity index (χ4n) is 1.38. The van der Waals surface area contributed by atoms with Gasteiger partial charge >= 0.3 is 0 Å². The number of unbranched alkanes of at least 4 members (excludes halogenated alkanes) is 2. The van der Waals surface area contributed by atoms with E-state index >= 15 is 0 Å². The van der Waals surface area contributed by atoms with Gasteiger partial charge in [-0.1, -0.05) is 32.8 Å². The highest BCUT2D eigenvalue weighted by atomic mass is 32.2. The molecule has 1 aromatic heterocycles. The molecular formula is C13H22N2S. The number of nitrogens with one attached hydrogen (secondary N) is 1. The van der Waals surface area contributed by atoms with Crippen molar-refractivity contribution < 1.29 is 0 Å². The van der Waals surface area contributed by atoms with E-state index in [0.717, 1.165) is 23.8 Å². The van der Waals surface area contributed by atoms with Crippen LogP contribution in [0.5, 0.6) is 0 Å². The molecule has 2 nitrogen and oxygen atoms in total. The first kappa shape index (κ1) is 13.4. The maximum Gasteiger partial charge on any atom is 0.127 e. The van der Waals surface area contributed by atoms with E-state index in [2.05, 4.69) is 36.3 Å². The van der Waals surface area contributed by atoms with Crippen molar-refractivity contribution in [2.75, 3.05) is 17.6 Å². The quantitative estimate of drug-likeness (QED) is 0.543. The van der Waals surface area contributed by atoms with Crippen molar-refractivity contribution in [2.45, 2.75) is 44.6 Å². The smallest absolute Gasteiger partial charge is 0.127 e. The van der Waals surface area contributed by atoms with Gasteiger partial charge in [0.25, 0.3) is 0 Å². The Labute approximate surface area is 103 Å². The summed E-state index contributed by atoms with van der Waals surface area (Å²) in [7, 11) is 0. The number of nitrogens with zero attached hydrogens (tertiary/aromatic N) is 1. The molecule has 0 radical (unpaired) electrons. The molecule has 0 unspecified atom stereocenters. The Hall–Kier alpha value is -0.700. The van der Waals surface area contributed by atoms with Gasteiger partial charge in [-0.3, -0.25) is 0 Å². The van der Waals surface area contributed by atoms with Crippen LogP contribution in [0.15, 0.2) is 23.2 Å². The molecule has 16 heavy (non-hydrogen) atoms. The van der Waals surface area contributed by atoms with Gasteiger partial charge in [-0.05, 0) is 30.7 Å². The lowest BCUT2D eigenvalue weighted by Gasteiger charge is -2.05. The van der Waals surface area contributed by atoms with Crippen molar-refractivity contribution >= 4 is 17.6 Å². The van der Waals surface area contributed by atoms with E-state index in [0.29, 0.717) is 0 Å². The van der Waals surface area contributed by atoms with Crippen LogP contribution in [0.3, 0.4) is 0 Å². The molecule has 0 fully saturated rings. The Morgan fingerprint density at radius 1 is 1.19 bits per heavy atom. The summed E-state index contributed by atoms with van der Waals surface area (Å²) in [5.74, 6) is 2.18. The van der Waals surface area contributed by atoms with E-state index in [-0.39, 0.29) is 0 Å². The van der Waals surface area contributed by atoms with Gasteiger partial charge in [-0.15, -0.1) is 11.8 Å². The summed E-state index contributed by atoms with van der Waals surface area (Å²) in [5, 5.41) is 4.45. The highest BCUT2D eigenvalue weighted by Crippen LogP contribution is 2.19. The molecule has 1 aromatic rings. The number of hydrogen-bond donors (Lipinski definition) is 1. The Bertz CT molecular complexity index is 289. The predicted octanol–water partition coefficient (Wildman–Crippen LogP) is 4.19. The highest BCUT2D eigenvalue weighted by Gasteiger charge is 1.97. The molecule has 0 aromatic carbocycles. The Morgan fingerprint density at radius 3 is 2.81 bits per heavy atom. The third-order valence-electron chi connectivity index (χ3n) is 2.28. The van der Waals surface area contributed by atoms with Crippen LogP contribution in [0, 0.1) is 0 Å². The van der Waals surface area contributed by atoms with Crippen LogP contribution < -0.4 is 5.32 Å². The van der Waals surface area contributed by atoms with Crippen molar-refractivity contribution in [2.24, 2.45) is 0 Å². The maximum atomic E-state index is 4.56. The van der Waals surface area contributed by atoms with Crippen molar-refractivity contribution in [3.05, 3.63) is 18.2 Å². The van der Waals surface area contributed by atoms with Gasteiger partial charge in [0, 0.05) is 6.54 Å². The second-order valence-corrected chi connectivity index (χ2v) is 4.96. The van der Waals surface area contributed by atoms with E-state index in [4.69, 9.17) is 0 Å². The summed E-state index contributed by atoms with van der Waals surface area (Å²) in [6.45, 7) is 5.39. The molecule has 0 bridgehead atoms. The van der Waals surface area contributed by atoms with E-state index in [1.54, 1.807) is 0 Å². The molecule has 3 heteroatoms. The normalized spacial score (nSPS) is 10.4. The summed E-state index contributed by atoms with van der Waals surface area (Å²) in [5.41, 5.74) is 0. The van der Waals surface area contributed by atoms with Gasteiger partial charge in [0.2, 0.25) is 0 Å². The minimum Gasteiger partial charge on any atom is -0.370 e. The number of rotatable bonds is 8. The highest BCUT2D eigenvalue weighted by molar-refractivity contribution is 7.99. The molecule has 1 N–H and O–H groups in total. The average Bonchev–Trinajstić information content (AvgIpc) is 2.33. The van der Waals surface area contributed by atoms with Gasteiger partial charge in [0.05, 0.1) is 5.03 Å². The predicted molar refractivity (Wildman–Crippen MR) is 73.3 cm³/mol. The third-order valence-corrected chi connectivity index (χ3v) is 3.29. The molecule has 1 rings (SSSR count). The van der Waals surface area contributed by atoms with Crippen LogP contribution in [-0.2, 0) is 0 Å². The van der Waals surface area contributed by atoms with Crippen LogP contribution in [0.1, 0.15) is 39.5 Å². The first-order chi connectivity index (χ1) is 7.86. The van der Waals surface area contributed by atoms with Crippen LogP contribution in [0.25, 0.3) is 0 Å². The average molecular weight is 238 g/mol. The first-order valence-corrected chi connectivity index (χ1v) is 7.19. The monoisotopic (exact) mass is 238 g/mol. The Kier molecular flexibility index (Phi) is 7.06. The Balaban J connectivity index is 2.35. The summed E-state index contributed by atoms with van der Waals surface area (Å²) < 4.78 is 0. The molecule has 0 spiro atoms. The van der Waals surface area contributed by atoms with Gasteiger partial charge in [0.1, 0.15) is 5.82 Å². The van der Waals surface area contributed by atoms with Crippen LogP contribution in [-0.4, -0.2) is 17.3 Å². The molecule has 0 amide bonds. The lowest BCUT2D eigenvalue weighted by atomic mass is 10.3. The topological polar surface area (TPSA) is 24.9 Å². The van der Waals surface area contributed by atoms with Crippen LogP contribution in [0.2, 0.25) is 0 Å². The molecule has 0 aliphatic heterocycles. The summed E-state index contributed by atoms with van der Waals surface area (Å²) >= 11 is 1.86. The summed E-state index contributed by atoms with van der Waals surface area (Å²) in [6.07, 6.45) is 5.03. The van der Waals surface area contributed by atoms with Gasteiger partial charge in [0.15, 0.2) is 0 Å². The van der Waals surface area contributed by atoms with Crippen molar-refractivity contribution in [1.29, 1.82) is 0 Å². The minimum absolute atomic E-state index is 0.997. The fourth-order valence-corrected chi connectivity index (χ4v) is 2.27. The van der Waals surface area contributed by atoms with Gasteiger partial charge in [-0.25, -0.2) is 4.98 Å². The van der Waals surface area contributed by atoms with E-state index < -0.39 is 0 Å². The van der Waals surface area contributed by atoms with Crippen LogP contribution >= 0.6 is 11.8 Å². The number of hydrogen-bond acceptors (Lipinski definition) is 3. The largest absolute Gasteiger partial charge is 0.370 e. The molecule has 0 saturated heterocycles. The number of thioether (sulfide) groups is 1. The maximum absolute atomic E-state index is 4.56. The lowest BCUT2D eigenvalue weighted by Crippen LogP contribution is -2.01. The second kappa shape index (κ2) is 8.45. The van der Waals surface area contributed by atoms with Gasteiger partial charge in [-0.2, -0.15) is 0 Å². The molecule has 0 atom stereocenters. The standard InChI is InChI=1S/C13H22N2S/c1-3-5-6-11-16-13-9-7-8-12(15-13)14-10-4-2/h7-9H,3-6,10-11H2,1-2H3,(H,14,15). The minimum atomic E-state index is 0.997. The molecule has 90 valence electrons. The number of aromatic nitrogens is 1. The van der Waals surface area contributed by atoms with E-state index in [1.165, 1.54) is 25.0 Å². The number of pyridine rings is 1. The second-order valence-electron chi connectivity index (χ2n) is 3.84. The van der Waals surface area contributed by atoms with E-state index in [9.17, 15) is 0 Å². The molecule has 0 saturated carbocycles. The first-order valence-electron chi connectivity index (χ1n) is 6.20. The third kappa shape index (κ3) is 5.40. The zero-order chi connectivity index (χ0) is 11.6. The van der Waals surface area contributed by atoms with Crippen molar-refractivity contribution in [3.63, 3.8) is 0 Å². The van der Waals surface area contributed by atoms with Gasteiger partial charge < -0.3 is 5.32 Å². The lowest BCUT2D eigenvalue weighted by molar-refractivity contribution is 0.778. The molecular weight excluding hydrogens is 216 g/mol. The zero-order valence-corrected chi connectivity index (χ0v) is 11.1. The SMILES string of the molecule is CCCCCSc1cccc(NCCC)n1. The molecule has 0 aliphatic carbocycles. The van der Waals surface area contributed by atoms with Crippen molar-refractivity contribution in [1.82, 2.24) is 4.98 Å². The molecule has 1 heterocycles. The fraction of sp³-hybridized carbons (Fsp3) is 0.615. The number of anilines is 1. The zero-order valence-electron chi connectivity index (χ0n) is 10.3. The van der Waals surface area contributed by atoms with Crippen LogP contribution in [0.4, 0.5) is 5.82 Å². The molecule has 0 aliphatic rings. The summed E-state index contributed by atoms with van der Waals surface area (Å²) in [4.78, 5) is 4.56. The Morgan fingerprint density at radius 2 is 2.06 bits per heavy atom. The van der Waals surface area contributed by atoms with Crippen molar-refractivity contribution in [3.8, 4) is 0 Å². The van der Waals surface area contributed by atoms with E-state index in [1.807, 2.05) is 17.8 Å². The summed E-state index contributed by atoms with van der Waals surface area (Å²) in [6, 6.07) is 6.20.